The fourth-order valence-electron chi connectivity index (χ4n) is 3.04. The van der Waals surface area contributed by atoms with Crippen LogP contribution in [0.5, 0.6) is 0 Å². The van der Waals surface area contributed by atoms with Crippen LogP contribution >= 0.6 is 0 Å². The minimum atomic E-state index is -0.661. The quantitative estimate of drug-likeness (QED) is 0.710. The first-order valence-electron chi connectivity index (χ1n) is 6.87. The summed E-state index contributed by atoms with van der Waals surface area (Å²) in [5.41, 5.74) is -0.605. The molecule has 3 heterocycles. The highest BCUT2D eigenvalue weighted by atomic mass is 16.7. The zero-order chi connectivity index (χ0) is 14.7. The van der Waals surface area contributed by atoms with Crippen molar-refractivity contribution in [2.45, 2.75) is 51.6 Å². The first-order chi connectivity index (χ1) is 9.40. The molecule has 20 heavy (non-hydrogen) atoms. The third kappa shape index (κ3) is 1.59. The van der Waals surface area contributed by atoms with Crippen molar-refractivity contribution in [3.8, 4) is 6.07 Å². The maximum atomic E-state index is 12.2. The molecule has 3 rings (SSSR count). The average Bonchev–Trinajstić information content (AvgIpc) is 3.01. The molecule has 0 radical (unpaired) electrons. The number of esters is 2. The van der Waals surface area contributed by atoms with E-state index in [2.05, 4.69) is 6.07 Å². The Morgan fingerprint density at radius 2 is 2.10 bits per heavy atom. The number of carbonyl (C=O) groups is 2. The Labute approximate surface area is 117 Å². The van der Waals surface area contributed by atoms with E-state index < -0.39 is 47.6 Å². The average molecular weight is 279 g/mol. The van der Waals surface area contributed by atoms with Gasteiger partial charge in [-0.05, 0) is 20.3 Å². The van der Waals surface area contributed by atoms with Gasteiger partial charge in [-0.15, -0.1) is 0 Å². The first kappa shape index (κ1) is 13.4. The zero-order valence-corrected chi connectivity index (χ0v) is 11.7. The highest BCUT2D eigenvalue weighted by molar-refractivity contribution is 5.79. The summed E-state index contributed by atoms with van der Waals surface area (Å²) >= 11 is 0. The number of nitriles is 1. The summed E-state index contributed by atoms with van der Waals surface area (Å²) in [6.07, 6.45) is -1.57. The summed E-state index contributed by atoms with van der Waals surface area (Å²) in [5.74, 6) is -1.88. The molecule has 0 amide bonds. The third-order valence-corrected chi connectivity index (χ3v) is 4.73. The number of hydrogen-bond acceptors (Lipinski definition) is 6. The Morgan fingerprint density at radius 3 is 2.70 bits per heavy atom. The molecule has 0 aromatic rings. The van der Waals surface area contributed by atoms with Crippen LogP contribution in [0.15, 0.2) is 0 Å². The van der Waals surface area contributed by atoms with Gasteiger partial charge in [0, 0.05) is 0 Å². The predicted octanol–water partition coefficient (Wildman–Crippen LogP) is 0.797. The minimum Gasteiger partial charge on any atom is -0.455 e. The lowest BCUT2D eigenvalue weighted by atomic mass is 9.79. The normalized spacial score (nSPS) is 41.4. The van der Waals surface area contributed by atoms with Gasteiger partial charge in [0.2, 0.25) is 0 Å². The second kappa shape index (κ2) is 4.19. The Kier molecular flexibility index (Phi) is 2.80. The van der Waals surface area contributed by atoms with E-state index >= 15 is 0 Å². The summed E-state index contributed by atoms with van der Waals surface area (Å²) in [6, 6.07) is 2.09. The van der Waals surface area contributed by atoms with E-state index in [4.69, 9.17) is 14.2 Å². The van der Waals surface area contributed by atoms with E-state index in [9.17, 15) is 14.9 Å². The molecule has 6 nitrogen and oxygen atoms in total. The van der Waals surface area contributed by atoms with Crippen LogP contribution in [0.4, 0.5) is 0 Å². The third-order valence-electron chi connectivity index (χ3n) is 4.73. The van der Waals surface area contributed by atoms with E-state index in [0.717, 1.165) is 0 Å². The fraction of sp³-hybridized carbons (Fsp3) is 0.786. The largest absolute Gasteiger partial charge is 0.455 e. The number of carbonyl (C=O) groups excluding carboxylic acids is 2. The van der Waals surface area contributed by atoms with E-state index in [-0.39, 0.29) is 5.97 Å². The summed E-state index contributed by atoms with van der Waals surface area (Å²) in [5, 5.41) is 9.21. The fourth-order valence-corrected chi connectivity index (χ4v) is 3.04. The number of rotatable bonds is 3. The van der Waals surface area contributed by atoms with Crippen LogP contribution in [0.2, 0.25) is 0 Å². The van der Waals surface area contributed by atoms with Gasteiger partial charge in [0.05, 0.1) is 17.4 Å². The van der Waals surface area contributed by atoms with Crippen molar-refractivity contribution in [2.24, 2.45) is 17.3 Å². The van der Waals surface area contributed by atoms with Gasteiger partial charge >= 0.3 is 11.9 Å². The highest BCUT2D eigenvalue weighted by Gasteiger charge is 2.70. The molecule has 3 aliphatic rings. The monoisotopic (exact) mass is 279 g/mol. The van der Waals surface area contributed by atoms with Gasteiger partial charge in [-0.3, -0.25) is 9.59 Å². The van der Waals surface area contributed by atoms with Crippen molar-refractivity contribution in [1.29, 1.82) is 5.26 Å². The molecule has 0 aliphatic carbocycles. The molecule has 0 saturated carbocycles. The van der Waals surface area contributed by atoms with E-state index in [1.165, 1.54) is 0 Å². The van der Waals surface area contributed by atoms with Crippen LogP contribution in [-0.2, 0) is 23.8 Å². The molecule has 3 aliphatic heterocycles. The number of ether oxygens (including phenoxy) is 3. The van der Waals surface area contributed by atoms with Crippen LogP contribution in [0.1, 0.15) is 27.2 Å². The van der Waals surface area contributed by atoms with Crippen molar-refractivity contribution in [2.75, 3.05) is 0 Å². The molecule has 6 unspecified atom stereocenters. The van der Waals surface area contributed by atoms with Gasteiger partial charge in [0.25, 0.3) is 0 Å². The molecule has 6 atom stereocenters. The molecular weight excluding hydrogens is 262 g/mol. The first-order valence-corrected chi connectivity index (χ1v) is 6.87. The Hall–Kier alpha value is -1.61. The molecule has 0 aromatic carbocycles. The number of fused-ring (bicyclic) bond motifs is 1. The number of nitrogens with zero attached hydrogens (tertiary/aromatic N) is 1. The number of hydrogen-bond donors (Lipinski definition) is 0. The van der Waals surface area contributed by atoms with Crippen molar-refractivity contribution in [3.63, 3.8) is 0 Å². The standard InChI is InChI=1S/C14H17NO5/c1-4-14(2,3)13(17)20-10-8-6(5-15)7-9(18-8)11(10)19-12(7)16/h6-11H,4H2,1-3H3. The van der Waals surface area contributed by atoms with Crippen molar-refractivity contribution in [1.82, 2.24) is 0 Å². The summed E-state index contributed by atoms with van der Waals surface area (Å²) in [6.45, 7) is 5.51. The zero-order valence-electron chi connectivity index (χ0n) is 11.7. The summed E-state index contributed by atoms with van der Waals surface area (Å²) < 4.78 is 16.4. The van der Waals surface area contributed by atoms with Crippen LogP contribution in [-0.4, -0.2) is 36.4 Å². The molecule has 0 N–H and O–H groups in total. The van der Waals surface area contributed by atoms with Crippen molar-refractivity contribution in [3.05, 3.63) is 0 Å². The summed E-state index contributed by atoms with van der Waals surface area (Å²) in [7, 11) is 0. The topological polar surface area (TPSA) is 85.6 Å². The van der Waals surface area contributed by atoms with E-state index in [1.807, 2.05) is 6.92 Å². The van der Waals surface area contributed by atoms with Gasteiger partial charge < -0.3 is 14.2 Å². The molecule has 2 bridgehead atoms. The maximum absolute atomic E-state index is 12.2. The lowest BCUT2D eigenvalue weighted by molar-refractivity contribution is -0.169. The Bertz CT molecular complexity index is 508. The lowest BCUT2D eigenvalue weighted by Crippen LogP contribution is -2.46. The molecule has 3 saturated heterocycles. The SMILES string of the molecule is CCC(C)(C)C(=O)OC1C2OC3C1OC(=O)C3C2C#N. The van der Waals surface area contributed by atoms with E-state index in [0.29, 0.717) is 6.42 Å². The van der Waals surface area contributed by atoms with Gasteiger partial charge in [0.15, 0.2) is 12.2 Å². The second-order valence-corrected chi connectivity index (χ2v) is 6.25. The van der Waals surface area contributed by atoms with Crippen molar-refractivity contribution >= 4 is 11.9 Å². The van der Waals surface area contributed by atoms with E-state index in [1.54, 1.807) is 13.8 Å². The lowest BCUT2D eigenvalue weighted by Gasteiger charge is -2.29. The second-order valence-electron chi connectivity index (χ2n) is 6.25. The molecule has 108 valence electrons. The predicted molar refractivity (Wildman–Crippen MR) is 65.1 cm³/mol. The molecule has 6 heteroatoms. The Balaban J connectivity index is 1.81. The van der Waals surface area contributed by atoms with Gasteiger partial charge in [-0.2, -0.15) is 5.26 Å². The maximum Gasteiger partial charge on any atom is 0.313 e. The van der Waals surface area contributed by atoms with Crippen LogP contribution in [0.3, 0.4) is 0 Å². The van der Waals surface area contributed by atoms with Crippen LogP contribution in [0.25, 0.3) is 0 Å². The Morgan fingerprint density at radius 1 is 1.40 bits per heavy atom. The summed E-state index contributed by atoms with van der Waals surface area (Å²) in [4.78, 5) is 23.9. The molecule has 0 spiro atoms. The van der Waals surface area contributed by atoms with Crippen molar-refractivity contribution < 1.29 is 23.8 Å². The molecule has 3 fully saturated rings. The van der Waals surface area contributed by atoms with Gasteiger partial charge in [-0.1, -0.05) is 6.92 Å². The van der Waals surface area contributed by atoms with Gasteiger partial charge in [-0.25, -0.2) is 0 Å². The minimum absolute atomic E-state index is 0.350. The molecule has 0 aromatic heterocycles. The smallest absolute Gasteiger partial charge is 0.313 e. The molecular formula is C14H17NO5. The van der Waals surface area contributed by atoms with Crippen LogP contribution < -0.4 is 0 Å². The highest BCUT2D eigenvalue weighted by Crippen LogP contribution is 2.51. The van der Waals surface area contributed by atoms with Gasteiger partial charge in [0.1, 0.15) is 18.1 Å². The van der Waals surface area contributed by atoms with Crippen LogP contribution in [0, 0.1) is 28.6 Å².